The molecule has 2 aliphatic rings. The van der Waals surface area contributed by atoms with Gasteiger partial charge in [0.05, 0.1) is 5.60 Å². The molecule has 1 amide bonds. The third-order valence-corrected chi connectivity index (χ3v) is 7.04. The van der Waals surface area contributed by atoms with Gasteiger partial charge in [0.25, 0.3) is 0 Å². The molecular formula is C27H35ClN2O3. The van der Waals surface area contributed by atoms with Gasteiger partial charge in [0.1, 0.15) is 5.60 Å². The molecule has 33 heavy (non-hydrogen) atoms. The molecule has 0 aromatic heterocycles. The lowest BCUT2D eigenvalue weighted by atomic mass is 9.68. The van der Waals surface area contributed by atoms with E-state index in [0.29, 0.717) is 13.1 Å². The number of nitrogens with zero attached hydrogens (tertiary/aromatic N) is 2. The molecule has 2 aromatic rings. The minimum Gasteiger partial charge on any atom is -0.444 e. The first-order chi connectivity index (χ1) is 15.6. The smallest absolute Gasteiger partial charge is 0.410 e. The Morgan fingerprint density at radius 3 is 2.27 bits per heavy atom. The Hall–Kier alpha value is -2.08. The Bertz CT molecular complexity index is 958. The molecule has 0 spiro atoms. The summed E-state index contributed by atoms with van der Waals surface area (Å²) >= 11 is 6.16. The molecule has 1 N–H and O–H groups in total. The van der Waals surface area contributed by atoms with Crippen LogP contribution in [0.5, 0.6) is 0 Å². The lowest BCUT2D eigenvalue weighted by molar-refractivity contribution is -0.0672. The van der Waals surface area contributed by atoms with Crippen molar-refractivity contribution in [1.82, 2.24) is 9.80 Å². The summed E-state index contributed by atoms with van der Waals surface area (Å²) in [5, 5.41) is 12.0. The van der Waals surface area contributed by atoms with E-state index in [0.717, 1.165) is 60.6 Å². The van der Waals surface area contributed by atoms with Gasteiger partial charge in [-0.25, -0.2) is 4.79 Å². The average molecular weight is 471 g/mol. The first kappa shape index (κ1) is 24.1. The number of rotatable bonds is 5. The van der Waals surface area contributed by atoms with Crippen LogP contribution in [0.2, 0.25) is 5.02 Å². The van der Waals surface area contributed by atoms with Crippen LogP contribution < -0.4 is 0 Å². The largest absolute Gasteiger partial charge is 0.444 e. The second-order valence-electron chi connectivity index (χ2n) is 10.4. The molecule has 1 unspecified atom stereocenters. The summed E-state index contributed by atoms with van der Waals surface area (Å²) in [6.07, 6.45) is 2.50. The summed E-state index contributed by atoms with van der Waals surface area (Å²) in [6.45, 7) is 9.32. The standard InChI is InChI=1S/C27H35ClN2O3/c1-26(2,3)33-25(31)30-16-14-29(15-17-30)19-24(27(32)12-5-13-27)21-10-8-20(9-11-21)22-6-4-7-23(28)18-22/h4,6-11,18,24,32H,5,12-17,19H2,1-3H3. The monoisotopic (exact) mass is 470 g/mol. The lowest BCUT2D eigenvalue weighted by Gasteiger charge is -2.46. The maximum absolute atomic E-state index is 12.4. The lowest BCUT2D eigenvalue weighted by Crippen LogP contribution is -2.53. The SMILES string of the molecule is CC(C)(C)OC(=O)N1CCN(CC(c2ccc(-c3cccc(Cl)c3)cc2)C2(O)CCC2)CC1. The predicted octanol–water partition coefficient (Wildman–Crippen LogP) is 5.56. The van der Waals surface area contributed by atoms with Crippen LogP contribution in [0.1, 0.15) is 51.5 Å². The highest BCUT2D eigenvalue weighted by Gasteiger charge is 2.44. The predicted molar refractivity (Wildman–Crippen MR) is 133 cm³/mol. The van der Waals surface area contributed by atoms with Crippen molar-refractivity contribution < 1.29 is 14.6 Å². The number of carbonyl (C=O) groups is 1. The van der Waals surface area contributed by atoms with Gasteiger partial charge in [0, 0.05) is 43.7 Å². The fourth-order valence-corrected chi connectivity index (χ4v) is 4.94. The zero-order valence-corrected chi connectivity index (χ0v) is 20.6. The summed E-state index contributed by atoms with van der Waals surface area (Å²) < 4.78 is 5.52. The van der Waals surface area contributed by atoms with Crippen LogP contribution in [0, 0.1) is 0 Å². The second kappa shape index (κ2) is 9.65. The van der Waals surface area contributed by atoms with Gasteiger partial charge >= 0.3 is 6.09 Å². The van der Waals surface area contributed by atoms with E-state index in [4.69, 9.17) is 16.3 Å². The molecule has 0 bridgehead atoms. The Morgan fingerprint density at radius 2 is 1.73 bits per heavy atom. The van der Waals surface area contributed by atoms with E-state index in [-0.39, 0.29) is 12.0 Å². The number of piperazine rings is 1. The zero-order valence-electron chi connectivity index (χ0n) is 19.9. The summed E-state index contributed by atoms with van der Waals surface area (Å²) in [5.41, 5.74) is 2.24. The Morgan fingerprint density at radius 1 is 1.06 bits per heavy atom. The number of amides is 1. The zero-order chi connectivity index (χ0) is 23.6. The Balaban J connectivity index is 1.43. The van der Waals surface area contributed by atoms with Crippen LogP contribution in [0.3, 0.4) is 0 Å². The number of hydrogen-bond acceptors (Lipinski definition) is 4. The van der Waals surface area contributed by atoms with Gasteiger partial charge in [-0.1, -0.05) is 48.0 Å². The number of carbonyl (C=O) groups excluding carboxylic acids is 1. The molecule has 1 saturated carbocycles. The van der Waals surface area contributed by atoms with Crippen molar-refractivity contribution in [2.24, 2.45) is 0 Å². The van der Waals surface area contributed by atoms with E-state index in [1.807, 2.05) is 39.0 Å². The minimum atomic E-state index is -0.653. The molecule has 1 aliphatic carbocycles. The number of halogens is 1. The highest BCUT2D eigenvalue weighted by molar-refractivity contribution is 6.30. The number of aliphatic hydroxyl groups is 1. The van der Waals surface area contributed by atoms with Gasteiger partial charge in [-0.15, -0.1) is 0 Å². The number of benzene rings is 2. The first-order valence-electron chi connectivity index (χ1n) is 11.9. The normalized spacial score (nSPS) is 19.6. The molecule has 1 heterocycles. The van der Waals surface area contributed by atoms with Gasteiger partial charge in [-0.3, -0.25) is 4.90 Å². The van der Waals surface area contributed by atoms with Gasteiger partial charge < -0.3 is 14.7 Å². The summed E-state index contributed by atoms with van der Waals surface area (Å²) in [7, 11) is 0. The number of ether oxygens (including phenoxy) is 1. The molecule has 2 aromatic carbocycles. The van der Waals surface area contributed by atoms with Crippen molar-refractivity contribution in [2.75, 3.05) is 32.7 Å². The Labute approximate surface area is 202 Å². The summed E-state index contributed by atoms with van der Waals surface area (Å²) in [5.74, 6) is 0.0488. The Kier molecular flexibility index (Phi) is 7.04. The molecule has 0 radical (unpaired) electrons. The van der Waals surface area contributed by atoms with Gasteiger partial charge in [-0.2, -0.15) is 0 Å². The summed E-state index contributed by atoms with van der Waals surface area (Å²) in [4.78, 5) is 16.5. The van der Waals surface area contributed by atoms with Crippen LogP contribution in [0.15, 0.2) is 48.5 Å². The molecule has 6 heteroatoms. The quantitative estimate of drug-likeness (QED) is 0.621. The third-order valence-electron chi connectivity index (χ3n) is 6.80. The van der Waals surface area contributed by atoms with Crippen LogP contribution in [-0.2, 0) is 4.74 Å². The van der Waals surface area contributed by atoms with Crippen molar-refractivity contribution in [1.29, 1.82) is 0 Å². The third kappa shape index (κ3) is 5.89. The van der Waals surface area contributed by atoms with Crippen molar-refractivity contribution >= 4 is 17.7 Å². The fourth-order valence-electron chi connectivity index (χ4n) is 4.75. The molecule has 5 nitrogen and oxygen atoms in total. The van der Waals surface area contributed by atoms with Crippen molar-refractivity contribution in [3.05, 3.63) is 59.1 Å². The van der Waals surface area contributed by atoms with E-state index >= 15 is 0 Å². The van der Waals surface area contributed by atoms with Crippen LogP contribution in [-0.4, -0.2) is 64.9 Å². The van der Waals surface area contributed by atoms with E-state index in [1.165, 1.54) is 0 Å². The van der Waals surface area contributed by atoms with Crippen molar-refractivity contribution in [3.63, 3.8) is 0 Å². The maximum Gasteiger partial charge on any atom is 0.410 e. The highest BCUT2D eigenvalue weighted by Crippen LogP contribution is 2.44. The van der Waals surface area contributed by atoms with E-state index < -0.39 is 11.2 Å². The summed E-state index contributed by atoms with van der Waals surface area (Å²) in [6, 6.07) is 16.4. The van der Waals surface area contributed by atoms with E-state index in [9.17, 15) is 9.90 Å². The van der Waals surface area contributed by atoms with E-state index in [2.05, 4.69) is 35.2 Å². The van der Waals surface area contributed by atoms with E-state index in [1.54, 1.807) is 4.90 Å². The van der Waals surface area contributed by atoms with Crippen LogP contribution in [0.25, 0.3) is 11.1 Å². The molecule has 4 rings (SSSR count). The van der Waals surface area contributed by atoms with Crippen molar-refractivity contribution in [3.8, 4) is 11.1 Å². The van der Waals surface area contributed by atoms with Gasteiger partial charge in [0.15, 0.2) is 0 Å². The topological polar surface area (TPSA) is 53.0 Å². The maximum atomic E-state index is 12.4. The average Bonchev–Trinajstić information content (AvgIpc) is 2.75. The van der Waals surface area contributed by atoms with Gasteiger partial charge in [0.2, 0.25) is 0 Å². The molecule has 1 saturated heterocycles. The highest BCUT2D eigenvalue weighted by atomic mass is 35.5. The molecule has 178 valence electrons. The molecule has 1 atom stereocenters. The first-order valence-corrected chi connectivity index (χ1v) is 12.3. The molecule has 2 fully saturated rings. The minimum absolute atomic E-state index is 0.0488. The second-order valence-corrected chi connectivity index (χ2v) is 10.8. The molecule has 1 aliphatic heterocycles. The van der Waals surface area contributed by atoms with Crippen LogP contribution in [0.4, 0.5) is 4.79 Å². The van der Waals surface area contributed by atoms with Crippen LogP contribution >= 0.6 is 11.6 Å². The van der Waals surface area contributed by atoms with Gasteiger partial charge in [-0.05, 0) is 68.9 Å². The molecular weight excluding hydrogens is 436 g/mol. The number of hydrogen-bond donors (Lipinski definition) is 1. The fraction of sp³-hybridized carbons (Fsp3) is 0.519. The van der Waals surface area contributed by atoms with Crippen molar-refractivity contribution in [2.45, 2.75) is 57.2 Å².